The maximum absolute atomic E-state index is 4.41. The molecular formula is C45H27IrN18. The van der Waals surface area contributed by atoms with Gasteiger partial charge in [-0.2, -0.15) is 0 Å². The van der Waals surface area contributed by atoms with Gasteiger partial charge in [-0.05, 0) is 107 Å². The molecule has 0 unspecified atom stereocenters. The fraction of sp³-hybridized carbons (Fsp3) is 0. The molecule has 6 heterocycles. The number of rotatable bonds is 3. The Balaban J connectivity index is 0.000000121. The molecule has 0 saturated carbocycles. The van der Waals surface area contributed by atoms with Crippen LogP contribution >= 0.6 is 0 Å². The maximum Gasteiger partial charge on any atom is 3.00 e. The Morgan fingerprint density at radius 2 is 0.547 bits per heavy atom. The van der Waals surface area contributed by atoms with Crippen LogP contribution in [-0.2, 0) is 20.1 Å². The van der Waals surface area contributed by atoms with Crippen LogP contribution in [0, 0.1) is 0 Å². The van der Waals surface area contributed by atoms with E-state index in [1.165, 1.54) is 0 Å². The van der Waals surface area contributed by atoms with Crippen molar-refractivity contribution in [2.75, 3.05) is 0 Å². The molecule has 306 valence electrons. The monoisotopic (exact) mass is 1010 g/mol. The Bertz CT molecular complexity index is 3010. The molecule has 19 heteroatoms. The Morgan fingerprint density at radius 3 is 0.859 bits per heavy atom. The van der Waals surface area contributed by atoms with Gasteiger partial charge in [-0.15, -0.1) is 30.6 Å². The van der Waals surface area contributed by atoms with Gasteiger partial charge in [-0.1, -0.05) is 91.0 Å². The fourth-order valence-electron chi connectivity index (χ4n) is 6.08. The normalized spacial score (nSPS) is 14.7. The minimum Gasteiger partial charge on any atom is -0.433 e. The summed E-state index contributed by atoms with van der Waals surface area (Å²) in [6.07, 6.45) is 5.00. The summed E-state index contributed by atoms with van der Waals surface area (Å²) in [6, 6.07) is 45.4. The van der Waals surface area contributed by atoms with Gasteiger partial charge in [0.1, 0.15) is 16.6 Å². The SMILES string of the molecule is C(=C1N=Nc2ccccc2[N-]1)c1nnc2ccccc2n1.C(=C1N=Nc2ccccc2[N-]1)c1nnc2ccccc2n1.C(=C1N=Nc2ccccc2[N-]1)c1nnc2ccccc2n1.[Ir+3]. The first-order valence-corrected chi connectivity index (χ1v) is 19.3. The largest absolute Gasteiger partial charge is 3.00 e. The summed E-state index contributed by atoms with van der Waals surface area (Å²) in [5, 5.41) is 62.3. The van der Waals surface area contributed by atoms with Crippen LogP contribution in [0.2, 0.25) is 0 Å². The molecule has 0 atom stereocenters. The summed E-state index contributed by atoms with van der Waals surface area (Å²) in [7, 11) is 0. The van der Waals surface area contributed by atoms with Crippen LogP contribution in [-0.4, -0.2) is 45.5 Å². The summed E-state index contributed by atoms with van der Waals surface area (Å²) in [5.41, 5.74) is 9.25. The van der Waals surface area contributed by atoms with Crippen LogP contribution in [0.15, 0.2) is 194 Å². The summed E-state index contributed by atoms with van der Waals surface area (Å²) in [5.74, 6) is 2.78. The third-order valence-electron chi connectivity index (χ3n) is 9.04. The average Bonchev–Trinajstić information content (AvgIpc) is 3.34. The van der Waals surface area contributed by atoms with Crippen molar-refractivity contribution in [3.63, 3.8) is 0 Å². The van der Waals surface area contributed by atoms with Crippen LogP contribution in [0.1, 0.15) is 17.5 Å². The molecule has 18 nitrogen and oxygen atoms in total. The second-order valence-electron chi connectivity index (χ2n) is 13.4. The van der Waals surface area contributed by atoms with Crippen molar-refractivity contribution >= 4 is 85.5 Å². The van der Waals surface area contributed by atoms with Gasteiger partial charge in [-0.3, -0.25) is 15.3 Å². The van der Waals surface area contributed by atoms with E-state index >= 15 is 0 Å². The molecule has 0 saturated heterocycles. The smallest absolute Gasteiger partial charge is 0.433 e. The van der Waals surface area contributed by atoms with E-state index in [4.69, 9.17) is 0 Å². The molecule has 64 heavy (non-hydrogen) atoms. The van der Waals surface area contributed by atoms with Gasteiger partial charge in [0, 0.05) is 0 Å². The maximum atomic E-state index is 4.41. The van der Waals surface area contributed by atoms with Crippen LogP contribution in [0.5, 0.6) is 0 Å². The van der Waals surface area contributed by atoms with Gasteiger partial charge in [0.2, 0.25) is 0 Å². The number of aromatic nitrogens is 9. The van der Waals surface area contributed by atoms with E-state index < -0.39 is 0 Å². The summed E-state index contributed by atoms with van der Waals surface area (Å²) in [4.78, 5) is 13.2. The van der Waals surface area contributed by atoms with Gasteiger partial charge in [0.25, 0.3) is 0 Å². The van der Waals surface area contributed by atoms with E-state index in [0.29, 0.717) is 34.9 Å². The molecule has 6 aromatic carbocycles. The number of nitrogens with zero attached hydrogens (tertiary/aromatic N) is 18. The quantitative estimate of drug-likeness (QED) is 0.163. The van der Waals surface area contributed by atoms with E-state index in [2.05, 4.69) is 92.2 Å². The predicted molar refractivity (Wildman–Crippen MR) is 238 cm³/mol. The van der Waals surface area contributed by atoms with Gasteiger partial charge in [0.15, 0.2) is 17.5 Å². The molecular weight excluding hydrogens is 985 g/mol. The summed E-state index contributed by atoms with van der Waals surface area (Å²) >= 11 is 0. The topological polar surface area (TPSA) is 232 Å². The van der Waals surface area contributed by atoms with Gasteiger partial charge >= 0.3 is 20.1 Å². The predicted octanol–water partition coefficient (Wildman–Crippen LogP) is 12.4. The Hall–Kier alpha value is -8.80. The van der Waals surface area contributed by atoms with E-state index in [-0.39, 0.29) is 20.1 Å². The van der Waals surface area contributed by atoms with E-state index in [0.717, 1.165) is 67.2 Å². The second-order valence-corrected chi connectivity index (χ2v) is 13.4. The first kappa shape index (κ1) is 40.6. The molecule has 3 aliphatic heterocycles. The zero-order chi connectivity index (χ0) is 42.2. The third-order valence-corrected chi connectivity index (χ3v) is 9.04. The molecule has 0 bridgehead atoms. The number of para-hydroxylation sites is 6. The van der Waals surface area contributed by atoms with Crippen LogP contribution in [0.25, 0.3) is 67.3 Å². The van der Waals surface area contributed by atoms with Crippen LogP contribution < -0.4 is 0 Å². The second kappa shape index (κ2) is 18.9. The molecule has 0 aliphatic carbocycles. The molecule has 0 amide bonds. The Labute approximate surface area is 376 Å². The minimum absolute atomic E-state index is 0. The minimum atomic E-state index is 0. The van der Waals surface area contributed by atoms with Crippen molar-refractivity contribution in [2.24, 2.45) is 30.7 Å². The van der Waals surface area contributed by atoms with Crippen molar-refractivity contribution in [1.82, 2.24) is 45.5 Å². The molecule has 3 aliphatic rings. The van der Waals surface area contributed by atoms with Crippen LogP contribution in [0.4, 0.5) is 34.1 Å². The van der Waals surface area contributed by atoms with Crippen molar-refractivity contribution in [2.45, 2.75) is 0 Å². The van der Waals surface area contributed by atoms with Crippen LogP contribution in [0.3, 0.4) is 0 Å². The number of azo groups is 3. The van der Waals surface area contributed by atoms with Crippen molar-refractivity contribution < 1.29 is 20.1 Å². The Kier molecular flexibility index (Phi) is 12.0. The molecule has 12 rings (SSSR count). The number of benzene rings is 6. The number of hydrogen-bond donors (Lipinski definition) is 0. The van der Waals surface area contributed by atoms with Gasteiger partial charge in [0.05, 0.1) is 33.6 Å². The van der Waals surface area contributed by atoms with Gasteiger partial charge in [-0.25, -0.2) is 15.0 Å². The zero-order valence-corrected chi connectivity index (χ0v) is 35.4. The molecule has 0 N–H and O–H groups in total. The first-order valence-electron chi connectivity index (χ1n) is 19.3. The van der Waals surface area contributed by atoms with Gasteiger partial charge < -0.3 is 31.3 Å². The number of hydrogen-bond acceptors (Lipinski definition) is 15. The molecule has 0 fully saturated rings. The standard InChI is InChI=1S/3C15H9N6.Ir/c3*1-3-7-12-10(5-1)16-14(20-18-12)9-15-17-11-6-2-4-8-13(11)19-21-15;/h3*1-9H;/q3*-1;+3. The molecule has 0 spiro atoms. The first-order chi connectivity index (χ1) is 31.1. The average molecular weight is 1010 g/mol. The third kappa shape index (κ3) is 9.55. The fourth-order valence-corrected chi connectivity index (χ4v) is 6.08. The van der Waals surface area contributed by atoms with E-state index in [1.54, 1.807) is 18.2 Å². The molecule has 9 aromatic rings. The van der Waals surface area contributed by atoms with E-state index in [1.807, 2.05) is 146 Å². The summed E-state index contributed by atoms with van der Waals surface area (Å²) < 4.78 is 0. The zero-order valence-electron chi connectivity index (χ0n) is 33.0. The Morgan fingerprint density at radius 1 is 0.281 bits per heavy atom. The van der Waals surface area contributed by atoms with Crippen molar-refractivity contribution in [3.8, 4) is 0 Å². The van der Waals surface area contributed by atoms with Crippen molar-refractivity contribution in [3.05, 3.63) is 196 Å². The number of fused-ring (bicyclic) bond motifs is 6. The molecule has 0 radical (unpaired) electrons. The van der Waals surface area contributed by atoms with Crippen molar-refractivity contribution in [1.29, 1.82) is 0 Å². The van der Waals surface area contributed by atoms with E-state index in [9.17, 15) is 0 Å². The molecule has 3 aromatic heterocycles. The summed E-state index contributed by atoms with van der Waals surface area (Å²) in [6.45, 7) is 0.